The molecule has 0 aliphatic heterocycles. The lowest BCUT2D eigenvalue weighted by molar-refractivity contribution is 0.221. The van der Waals surface area contributed by atoms with Crippen molar-refractivity contribution in [3.05, 3.63) is 71.3 Å². The minimum Gasteiger partial charge on any atom is -0.338 e. The minimum atomic E-state index is -0.301. The predicted molar refractivity (Wildman–Crippen MR) is 119 cm³/mol. The van der Waals surface area contributed by atoms with Gasteiger partial charge in [-0.05, 0) is 66.5 Å². The molecule has 2 aromatic carbocycles. The Kier molecular flexibility index (Phi) is 8.83. The number of benzene rings is 2. The molecule has 0 saturated heterocycles. The zero-order valence-corrected chi connectivity index (χ0v) is 18.0. The second-order valence-electron chi connectivity index (χ2n) is 8.28. The monoisotopic (exact) mass is 444 g/mol. The molecule has 6 nitrogen and oxygen atoms in total. The number of halogens is 2. The average molecular weight is 445 g/mol. The molecule has 1 aliphatic carbocycles. The van der Waals surface area contributed by atoms with Gasteiger partial charge in [-0.1, -0.05) is 30.7 Å². The fourth-order valence-corrected chi connectivity index (χ4v) is 3.94. The van der Waals surface area contributed by atoms with Crippen LogP contribution in [0.5, 0.6) is 0 Å². The van der Waals surface area contributed by atoms with Gasteiger partial charge >= 0.3 is 12.1 Å². The smallest absolute Gasteiger partial charge is 0.315 e. The number of nitrogens with one attached hydrogen (secondary N) is 4. The van der Waals surface area contributed by atoms with Crippen LogP contribution < -0.4 is 21.3 Å². The highest BCUT2D eigenvalue weighted by Crippen LogP contribution is 2.28. The molecule has 4 amide bonds. The van der Waals surface area contributed by atoms with Gasteiger partial charge in [-0.2, -0.15) is 0 Å². The summed E-state index contributed by atoms with van der Waals surface area (Å²) >= 11 is 0. The topological polar surface area (TPSA) is 82.3 Å². The molecule has 2 aromatic rings. The van der Waals surface area contributed by atoms with E-state index in [1.807, 2.05) is 0 Å². The molecule has 1 fully saturated rings. The highest BCUT2D eigenvalue weighted by atomic mass is 19.1. The second-order valence-corrected chi connectivity index (χ2v) is 8.28. The van der Waals surface area contributed by atoms with Gasteiger partial charge in [-0.15, -0.1) is 0 Å². The molecule has 0 bridgehead atoms. The molecule has 1 aliphatic rings. The lowest BCUT2D eigenvalue weighted by atomic mass is 9.81. The van der Waals surface area contributed by atoms with Crippen molar-refractivity contribution in [2.75, 3.05) is 13.1 Å². The fourth-order valence-electron chi connectivity index (χ4n) is 3.94. The summed E-state index contributed by atoms with van der Waals surface area (Å²) in [6.07, 6.45) is 4.10. The van der Waals surface area contributed by atoms with Crippen molar-refractivity contribution in [2.24, 2.45) is 11.8 Å². The largest absolute Gasteiger partial charge is 0.338 e. The lowest BCUT2D eigenvalue weighted by Crippen LogP contribution is -2.41. The van der Waals surface area contributed by atoms with E-state index in [9.17, 15) is 18.4 Å². The highest BCUT2D eigenvalue weighted by molar-refractivity contribution is 5.74. The molecule has 8 heteroatoms. The molecule has 2 atom stereocenters. The summed E-state index contributed by atoms with van der Waals surface area (Å²) in [5.74, 6) is 0.138. The van der Waals surface area contributed by atoms with E-state index in [1.54, 1.807) is 24.3 Å². The van der Waals surface area contributed by atoms with Crippen LogP contribution in [0, 0.1) is 23.5 Å². The van der Waals surface area contributed by atoms with Crippen molar-refractivity contribution in [3.8, 4) is 0 Å². The van der Waals surface area contributed by atoms with E-state index >= 15 is 0 Å². The maximum Gasteiger partial charge on any atom is 0.315 e. The maximum atomic E-state index is 12.9. The second kappa shape index (κ2) is 12.0. The molecule has 0 heterocycles. The van der Waals surface area contributed by atoms with Crippen LogP contribution >= 0.6 is 0 Å². The van der Waals surface area contributed by atoms with Gasteiger partial charge in [-0.25, -0.2) is 18.4 Å². The lowest BCUT2D eigenvalue weighted by Gasteiger charge is -2.29. The third kappa shape index (κ3) is 8.17. The molecular weight excluding hydrogens is 414 g/mol. The summed E-state index contributed by atoms with van der Waals surface area (Å²) in [5, 5.41) is 11.4. The molecule has 1 saturated carbocycles. The fraction of sp³-hybridized carbons (Fsp3) is 0.417. The van der Waals surface area contributed by atoms with Gasteiger partial charge in [0.1, 0.15) is 11.6 Å². The third-order valence-corrected chi connectivity index (χ3v) is 5.73. The molecule has 32 heavy (non-hydrogen) atoms. The summed E-state index contributed by atoms with van der Waals surface area (Å²) in [6, 6.07) is 11.6. The number of hydrogen-bond acceptors (Lipinski definition) is 2. The molecule has 0 unspecified atom stereocenters. The van der Waals surface area contributed by atoms with Crippen LogP contribution in [-0.2, 0) is 13.1 Å². The zero-order chi connectivity index (χ0) is 22.8. The molecular formula is C24H30F2N4O2. The van der Waals surface area contributed by atoms with Gasteiger partial charge in [0.05, 0.1) is 0 Å². The standard InChI is InChI=1S/C24H30F2N4O2/c25-21-8-4-17(5-9-21)13-27-23(31)29-15-19-2-1-3-20(12-19)16-30-24(32)28-14-18-6-10-22(26)11-7-18/h4-11,19-20H,1-3,12-16H2,(H2,27,29,31)(H2,28,30,32)/t19-,20-/m1/s1. The molecule has 172 valence electrons. The number of amides is 4. The first-order chi connectivity index (χ1) is 15.5. The predicted octanol–water partition coefficient (Wildman–Crippen LogP) is 4.07. The van der Waals surface area contributed by atoms with Crippen molar-refractivity contribution in [3.63, 3.8) is 0 Å². The van der Waals surface area contributed by atoms with Crippen LogP contribution in [0.3, 0.4) is 0 Å². The first kappa shape index (κ1) is 23.5. The van der Waals surface area contributed by atoms with Gasteiger partial charge < -0.3 is 21.3 Å². The van der Waals surface area contributed by atoms with E-state index in [1.165, 1.54) is 24.3 Å². The van der Waals surface area contributed by atoms with Crippen LogP contribution in [0.1, 0.15) is 36.8 Å². The molecule has 0 radical (unpaired) electrons. The summed E-state index contributed by atoms with van der Waals surface area (Å²) in [5.41, 5.74) is 1.67. The number of carbonyl (C=O) groups is 2. The number of urea groups is 2. The number of hydrogen-bond donors (Lipinski definition) is 4. The van der Waals surface area contributed by atoms with Crippen LogP contribution in [0.2, 0.25) is 0 Å². The third-order valence-electron chi connectivity index (χ3n) is 5.73. The minimum absolute atomic E-state index is 0.241. The maximum absolute atomic E-state index is 12.9. The summed E-state index contributed by atoms with van der Waals surface area (Å²) in [7, 11) is 0. The average Bonchev–Trinajstić information content (AvgIpc) is 2.81. The van der Waals surface area contributed by atoms with Crippen molar-refractivity contribution in [2.45, 2.75) is 38.8 Å². The van der Waals surface area contributed by atoms with Crippen LogP contribution in [0.25, 0.3) is 0 Å². The van der Waals surface area contributed by atoms with E-state index in [4.69, 9.17) is 0 Å². The van der Waals surface area contributed by atoms with Crippen molar-refractivity contribution < 1.29 is 18.4 Å². The Balaban J connectivity index is 1.30. The molecule has 3 rings (SSSR count). The summed E-state index contributed by atoms with van der Waals surface area (Å²) in [6.45, 7) is 1.86. The Morgan fingerprint density at radius 2 is 1.09 bits per heavy atom. The van der Waals surface area contributed by atoms with E-state index < -0.39 is 0 Å². The van der Waals surface area contributed by atoms with E-state index in [0.29, 0.717) is 38.0 Å². The van der Waals surface area contributed by atoms with Crippen molar-refractivity contribution in [1.29, 1.82) is 0 Å². The molecule has 4 N–H and O–H groups in total. The highest BCUT2D eigenvalue weighted by Gasteiger charge is 2.22. The quantitative estimate of drug-likeness (QED) is 0.495. The van der Waals surface area contributed by atoms with Crippen molar-refractivity contribution >= 4 is 12.1 Å². The van der Waals surface area contributed by atoms with E-state index in [0.717, 1.165) is 36.8 Å². The van der Waals surface area contributed by atoms with Gasteiger partial charge in [0.15, 0.2) is 0 Å². The van der Waals surface area contributed by atoms with Crippen molar-refractivity contribution in [1.82, 2.24) is 21.3 Å². The number of carbonyl (C=O) groups excluding carboxylic acids is 2. The summed E-state index contributed by atoms with van der Waals surface area (Å²) < 4.78 is 25.9. The Morgan fingerprint density at radius 1 is 0.688 bits per heavy atom. The zero-order valence-electron chi connectivity index (χ0n) is 18.0. The summed E-state index contributed by atoms with van der Waals surface area (Å²) in [4.78, 5) is 24.1. The van der Waals surface area contributed by atoms with Gasteiger partial charge in [0.25, 0.3) is 0 Å². The Labute approximate surface area is 187 Å². The first-order valence-corrected chi connectivity index (χ1v) is 11.0. The van der Waals surface area contributed by atoms with E-state index in [-0.39, 0.29) is 23.7 Å². The SMILES string of the molecule is O=C(NCc1ccc(F)cc1)NC[C@@H]1CCC[C@@H](CNC(=O)NCc2ccc(F)cc2)C1. The Hall–Kier alpha value is -3.16. The molecule has 0 spiro atoms. The van der Waals surface area contributed by atoms with Crippen LogP contribution in [-0.4, -0.2) is 25.2 Å². The first-order valence-electron chi connectivity index (χ1n) is 11.0. The van der Waals surface area contributed by atoms with Crippen LogP contribution in [0.4, 0.5) is 18.4 Å². The van der Waals surface area contributed by atoms with Crippen LogP contribution in [0.15, 0.2) is 48.5 Å². The normalized spacial score (nSPS) is 17.9. The van der Waals surface area contributed by atoms with Gasteiger partial charge in [0.2, 0.25) is 0 Å². The molecule has 0 aromatic heterocycles. The van der Waals surface area contributed by atoms with E-state index in [2.05, 4.69) is 21.3 Å². The Bertz CT molecular complexity index is 803. The van der Waals surface area contributed by atoms with Gasteiger partial charge in [0, 0.05) is 26.2 Å². The Morgan fingerprint density at radius 3 is 1.50 bits per heavy atom. The number of rotatable bonds is 8. The van der Waals surface area contributed by atoms with Gasteiger partial charge in [-0.3, -0.25) is 0 Å².